The first-order chi connectivity index (χ1) is 7.42. The van der Waals surface area contributed by atoms with Gasteiger partial charge in [0, 0.05) is 0 Å². The monoisotopic (exact) mass is 245 g/mol. The van der Waals surface area contributed by atoms with Crippen LogP contribution >= 0.6 is 0 Å². The lowest BCUT2D eigenvalue weighted by Crippen LogP contribution is -2.25. The molecule has 0 amide bonds. The van der Waals surface area contributed by atoms with E-state index in [9.17, 15) is 13.2 Å². The minimum absolute atomic E-state index is 0.130. The highest BCUT2D eigenvalue weighted by Gasteiger charge is 2.20. The summed E-state index contributed by atoms with van der Waals surface area (Å²) in [5.41, 5.74) is 4.91. The standard InChI is InChI=1S/C9H11NO5S/c10-8(11)6-9(12)15-16(13,14)7-4-2-1-3-5-7/h1-5,8,11H,6,10H2. The second-order valence-electron chi connectivity index (χ2n) is 2.99. The van der Waals surface area contributed by atoms with Gasteiger partial charge in [-0.05, 0) is 12.1 Å². The Labute approximate surface area is 92.8 Å². The highest BCUT2D eigenvalue weighted by atomic mass is 32.2. The van der Waals surface area contributed by atoms with Crippen molar-refractivity contribution >= 4 is 16.1 Å². The molecule has 88 valence electrons. The van der Waals surface area contributed by atoms with Crippen LogP contribution in [0.1, 0.15) is 6.42 Å². The third-order valence-electron chi connectivity index (χ3n) is 1.61. The Balaban J connectivity index is 2.78. The zero-order valence-corrected chi connectivity index (χ0v) is 9.05. The maximum Gasteiger partial charge on any atom is 0.341 e. The van der Waals surface area contributed by atoms with Crippen LogP contribution in [0.3, 0.4) is 0 Å². The fourth-order valence-corrected chi connectivity index (χ4v) is 1.86. The van der Waals surface area contributed by atoms with Gasteiger partial charge in [-0.25, -0.2) is 0 Å². The molecule has 1 aromatic carbocycles. The van der Waals surface area contributed by atoms with Crippen molar-refractivity contribution in [3.05, 3.63) is 30.3 Å². The Hall–Kier alpha value is -1.44. The molecule has 0 bridgehead atoms. The lowest BCUT2D eigenvalue weighted by atomic mass is 10.4. The topological polar surface area (TPSA) is 107 Å². The van der Waals surface area contributed by atoms with Crippen molar-refractivity contribution in [1.29, 1.82) is 0 Å². The fourth-order valence-electron chi connectivity index (χ4n) is 0.962. The van der Waals surface area contributed by atoms with E-state index in [0.717, 1.165) is 0 Å². The van der Waals surface area contributed by atoms with Gasteiger partial charge in [0.15, 0.2) is 0 Å². The number of benzene rings is 1. The summed E-state index contributed by atoms with van der Waals surface area (Å²) in [6, 6.07) is 7.21. The third-order valence-corrected chi connectivity index (χ3v) is 2.87. The Bertz CT molecular complexity index is 454. The molecule has 0 saturated carbocycles. The van der Waals surface area contributed by atoms with Gasteiger partial charge in [-0.2, -0.15) is 8.42 Å². The normalized spacial score (nSPS) is 13.1. The number of carbonyl (C=O) groups excluding carboxylic acids is 1. The lowest BCUT2D eigenvalue weighted by Gasteiger charge is -2.06. The third kappa shape index (κ3) is 3.61. The summed E-state index contributed by atoms with van der Waals surface area (Å²) in [5, 5.41) is 8.67. The van der Waals surface area contributed by atoms with Gasteiger partial charge in [-0.1, -0.05) is 18.2 Å². The van der Waals surface area contributed by atoms with E-state index in [1.165, 1.54) is 24.3 Å². The van der Waals surface area contributed by atoms with Crippen LogP contribution in [0.5, 0.6) is 0 Å². The zero-order valence-electron chi connectivity index (χ0n) is 8.24. The van der Waals surface area contributed by atoms with Crippen molar-refractivity contribution in [2.75, 3.05) is 0 Å². The average molecular weight is 245 g/mol. The first kappa shape index (κ1) is 12.6. The molecule has 6 nitrogen and oxygen atoms in total. The van der Waals surface area contributed by atoms with Crippen LogP contribution in [0.2, 0.25) is 0 Å². The first-order valence-corrected chi connectivity index (χ1v) is 5.78. The second kappa shape index (κ2) is 5.06. The lowest BCUT2D eigenvalue weighted by molar-refractivity contribution is -0.135. The van der Waals surface area contributed by atoms with Gasteiger partial charge in [0.05, 0.1) is 6.42 Å². The van der Waals surface area contributed by atoms with Gasteiger partial charge in [0.25, 0.3) is 0 Å². The van der Waals surface area contributed by atoms with Crippen LogP contribution in [-0.2, 0) is 19.1 Å². The summed E-state index contributed by atoms with van der Waals surface area (Å²) in [7, 11) is -4.12. The van der Waals surface area contributed by atoms with E-state index >= 15 is 0 Å². The van der Waals surface area contributed by atoms with Gasteiger partial charge in [-0.15, -0.1) is 0 Å². The van der Waals surface area contributed by atoms with Gasteiger partial charge in [0.2, 0.25) is 0 Å². The molecule has 1 rings (SSSR count). The van der Waals surface area contributed by atoms with Crippen LogP contribution in [0.4, 0.5) is 0 Å². The number of aliphatic hydroxyl groups excluding tert-OH is 1. The van der Waals surface area contributed by atoms with Gasteiger partial charge < -0.3 is 15.0 Å². The van der Waals surface area contributed by atoms with E-state index < -0.39 is 28.7 Å². The largest absolute Gasteiger partial charge is 0.378 e. The summed E-state index contributed by atoms with van der Waals surface area (Å²) in [6.07, 6.45) is -2.01. The molecule has 1 aromatic rings. The first-order valence-electron chi connectivity index (χ1n) is 4.38. The van der Waals surface area contributed by atoms with Crippen LogP contribution in [0, 0.1) is 0 Å². The minimum Gasteiger partial charge on any atom is -0.378 e. The van der Waals surface area contributed by atoms with Crippen molar-refractivity contribution in [2.24, 2.45) is 5.73 Å². The smallest absolute Gasteiger partial charge is 0.341 e. The number of rotatable bonds is 4. The van der Waals surface area contributed by atoms with Crippen molar-refractivity contribution in [3.63, 3.8) is 0 Å². The molecule has 0 aliphatic rings. The zero-order chi connectivity index (χ0) is 12.2. The van der Waals surface area contributed by atoms with Crippen LogP contribution in [0.15, 0.2) is 35.2 Å². The molecule has 0 saturated heterocycles. The highest BCUT2D eigenvalue weighted by Crippen LogP contribution is 2.12. The van der Waals surface area contributed by atoms with Crippen molar-refractivity contribution in [2.45, 2.75) is 17.5 Å². The Kier molecular flexibility index (Phi) is 3.99. The minimum atomic E-state index is -4.12. The molecule has 7 heteroatoms. The van der Waals surface area contributed by atoms with Crippen LogP contribution in [-0.4, -0.2) is 25.7 Å². The fraction of sp³-hybridized carbons (Fsp3) is 0.222. The molecular formula is C9H11NO5S. The SMILES string of the molecule is NC(O)CC(=O)OS(=O)(=O)c1ccccc1. The van der Waals surface area contributed by atoms with E-state index in [4.69, 9.17) is 10.8 Å². The predicted octanol–water partition coefficient (Wildman–Crippen LogP) is -0.414. The number of hydrogen-bond donors (Lipinski definition) is 2. The Morgan fingerprint density at radius 2 is 1.94 bits per heavy atom. The molecular weight excluding hydrogens is 234 g/mol. The van der Waals surface area contributed by atoms with E-state index in [1.807, 2.05) is 0 Å². The molecule has 0 aliphatic carbocycles. The molecule has 0 aromatic heterocycles. The number of carbonyl (C=O) groups is 1. The maximum atomic E-state index is 11.5. The maximum absolute atomic E-state index is 11.5. The van der Waals surface area contributed by atoms with Crippen molar-refractivity contribution in [3.8, 4) is 0 Å². The molecule has 0 fully saturated rings. The van der Waals surface area contributed by atoms with Crippen molar-refractivity contribution in [1.82, 2.24) is 0 Å². The molecule has 16 heavy (non-hydrogen) atoms. The van der Waals surface area contributed by atoms with E-state index in [2.05, 4.69) is 4.18 Å². The molecule has 1 unspecified atom stereocenters. The summed E-state index contributed by atoms with van der Waals surface area (Å²) >= 11 is 0. The number of hydrogen-bond acceptors (Lipinski definition) is 6. The Morgan fingerprint density at radius 3 is 2.44 bits per heavy atom. The Morgan fingerprint density at radius 1 is 1.38 bits per heavy atom. The van der Waals surface area contributed by atoms with Gasteiger partial charge in [-0.3, -0.25) is 4.79 Å². The van der Waals surface area contributed by atoms with E-state index in [0.29, 0.717) is 0 Å². The van der Waals surface area contributed by atoms with E-state index in [-0.39, 0.29) is 4.90 Å². The number of aliphatic hydroxyl groups is 1. The summed E-state index contributed by atoms with van der Waals surface area (Å²) < 4.78 is 27.1. The molecule has 0 spiro atoms. The average Bonchev–Trinajstić information content (AvgIpc) is 2.16. The van der Waals surface area contributed by atoms with Gasteiger partial charge in [0.1, 0.15) is 11.1 Å². The summed E-state index contributed by atoms with van der Waals surface area (Å²) in [5.74, 6) is -1.10. The second-order valence-corrected chi connectivity index (χ2v) is 4.54. The summed E-state index contributed by atoms with van der Waals surface area (Å²) in [4.78, 5) is 10.9. The number of nitrogens with two attached hydrogens (primary N) is 1. The molecule has 3 N–H and O–H groups in total. The quantitative estimate of drug-likeness (QED) is 0.551. The highest BCUT2D eigenvalue weighted by molar-refractivity contribution is 7.87. The van der Waals surface area contributed by atoms with Gasteiger partial charge >= 0.3 is 16.1 Å². The van der Waals surface area contributed by atoms with Crippen molar-refractivity contribution < 1.29 is 22.5 Å². The molecule has 1 atom stereocenters. The van der Waals surface area contributed by atoms with Crippen LogP contribution < -0.4 is 5.73 Å². The predicted molar refractivity (Wildman–Crippen MR) is 54.5 cm³/mol. The molecule has 0 heterocycles. The van der Waals surface area contributed by atoms with E-state index in [1.54, 1.807) is 6.07 Å². The van der Waals surface area contributed by atoms with Crippen LogP contribution in [0.25, 0.3) is 0 Å². The molecule has 0 aliphatic heterocycles. The summed E-state index contributed by atoms with van der Waals surface area (Å²) in [6.45, 7) is 0. The molecule has 0 radical (unpaired) electrons.